The number of carboxylic acids is 1. The molecule has 0 unspecified atom stereocenters. The lowest BCUT2D eigenvalue weighted by Gasteiger charge is -2.22. The number of carboxylic acid groups (broad SMARTS) is 1. The fraction of sp³-hybridized carbons (Fsp3) is 0.500. The zero-order valence-corrected chi connectivity index (χ0v) is 8.78. The minimum Gasteiger partial charge on any atom is -0.478 e. The molecule has 3 N–H and O–H groups in total. The van der Waals surface area contributed by atoms with Gasteiger partial charge in [-0.15, -0.1) is 0 Å². The van der Waals surface area contributed by atoms with Gasteiger partial charge in [-0.05, 0) is 19.9 Å². The lowest BCUT2D eigenvalue weighted by Crippen LogP contribution is -2.42. The average Bonchev–Trinajstić information content (AvgIpc) is 2.63. The number of carbonyl (C=O) groups is 1. The van der Waals surface area contributed by atoms with Crippen molar-refractivity contribution in [3.63, 3.8) is 0 Å². The molecule has 0 saturated heterocycles. The van der Waals surface area contributed by atoms with Gasteiger partial charge >= 0.3 is 5.97 Å². The third kappa shape index (κ3) is 3.07. The summed E-state index contributed by atoms with van der Waals surface area (Å²) < 4.78 is 5.04. The molecule has 0 spiro atoms. The summed E-state index contributed by atoms with van der Waals surface area (Å²) in [5, 5.41) is 20.8. The van der Waals surface area contributed by atoms with E-state index < -0.39 is 11.5 Å². The first kappa shape index (κ1) is 11.7. The van der Waals surface area contributed by atoms with Crippen molar-refractivity contribution in [2.45, 2.75) is 25.9 Å². The Balaban J connectivity index is 2.65. The maximum Gasteiger partial charge on any atom is 0.339 e. The van der Waals surface area contributed by atoms with Crippen LogP contribution in [0.25, 0.3) is 0 Å². The topological polar surface area (TPSA) is 82.7 Å². The third-order valence-corrected chi connectivity index (χ3v) is 2.10. The summed E-state index contributed by atoms with van der Waals surface area (Å²) in [6, 6.07) is 1.41. The van der Waals surface area contributed by atoms with E-state index in [1.54, 1.807) is 0 Å². The molecule has 0 fully saturated rings. The largest absolute Gasteiger partial charge is 0.478 e. The molecule has 5 heteroatoms. The van der Waals surface area contributed by atoms with E-state index in [4.69, 9.17) is 14.6 Å². The Labute approximate surface area is 87.7 Å². The molecule has 0 aliphatic rings. The zero-order chi connectivity index (χ0) is 11.5. The highest BCUT2D eigenvalue weighted by Crippen LogP contribution is 2.11. The van der Waals surface area contributed by atoms with E-state index in [0.717, 1.165) is 0 Å². The Morgan fingerprint density at radius 3 is 2.80 bits per heavy atom. The molecule has 5 nitrogen and oxygen atoms in total. The molecule has 0 atom stereocenters. The molecular weight excluding hydrogens is 198 g/mol. The smallest absolute Gasteiger partial charge is 0.339 e. The molecule has 0 saturated carbocycles. The first-order valence-corrected chi connectivity index (χ1v) is 4.62. The van der Waals surface area contributed by atoms with Gasteiger partial charge in [-0.3, -0.25) is 0 Å². The first-order chi connectivity index (χ1) is 6.96. The monoisotopic (exact) mass is 213 g/mol. The van der Waals surface area contributed by atoms with Gasteiger partial charge in [0, 0.05) is 5.54 Å². The molecule has 0 aromatic carbocycles. The molecule has 1 aromatic heterocycles. The van der Waals surface area contributed by atoms with Crippen molar-refractivity contribution in [1.29, 1.82) is 0 Å². The van der Waals surface area contributed by atoms with E-state index in [9.17, 15) is 4.79 Å². The predicted molar refractivity (Wildman–Crippen MR) is 53.7 cm³/mol. The molecule has 84 valence electrons. The number of nitrogens with one attached hydrogen (secondary N) is 1. The fourth-order valence-electron chi connectivity index (χ4n) is 1.04. The minimum absolute atomic E-state index is 0.0316. The number of hydrogen-bond donors (Lipinski definition) is 3. The van der Waals surface area contributed by atoms with Gasteiger partial charge in [-0.2, -0.15) is 0 Å². The van der Waals surface area contributed by atoms with Gasteiger partial charge in [0.05, 0.1) is 19.4 Å². The molecule has 1 aromatic rings. The lowest BCUT2D eigenvalue weighted by atomic mass is 10.1. The van der Waals surface area contributed by atoms with Gasteiger partial charge in [0.1, 0.15) is 11.3 Å². The molecular formula is C10H15NO4. The van der Waals surface area contributed by atoms with Crippen LogP contribution in [0.15, 0.2) is 16.7 Å². The van der Waals surface area contributed by atoms with Gasteiger partial charge in [-0.1, -0.05) is 0 Å². The summed E-state index contributed by atoms with van der Waals surface area (Å²) in [5.74, 6) is -0.647. The number of aliphatic hydroxyl groups excluding tert-OH is 1. The van der Waals surface area contributed by atoms with Crippen LogP contribution >= 0.6 is 0 Å². The van der Waals surface area contributed by atoms with E-state index in [1.807, 2.05) is 13.8 Å². The SMILES string of the molecule is CC(C)(CO)NCc1occc1C(=O)O. The van der Waals surface area contributed by atoms with Gasteiger partial charge in [0.25, 0.3) is 0 Å². The summed E-state index contributed by atoms with van der Waals surface area (Å²) in [4.78, 5) is 10.7. The van der Waals surface area contributed by atoms with Crippen molar-refractivity contribution >= 4 is 5.97 Å². The Bertz CT molecular complexity index is 343. The van der Waals surface area contributed by atoms with Crippen LogP contribution in [0, 0.1) is 0 Å². The van der Waals surface area contributed by atoms with Crippen LogP contribution in [-0.2, 0) is 6.54 Å². The van der Waals surface area contributed by atoms with Crippen molar-refractivity contribution in [3.05, 3.63) is 23.7 Å². The van der Waals surface area contributed by atoms with Crippen LogP contribution in [0.5, 0.6) is 0 Å². The fourth-order valence-corrected chi connectivity index (χ4v) is 1.04. The van der Waals surface area contributed by atoms with Crippen molar-refractivity contribution in [3.8, 4) is 0 Å². The number of aromatic carboxylic acids is 1. The predicted octanol–water partition coefficient (Wildman–Crippen LogP) is 0.838. The Morgan fingerprint density at radius 2 is 2.27 bits per heavy atom. The molecule has 0 amide bonds. The highest BCUT2D eigenvalue weighted by Gasteiger charge is 2.18. The normalized spacial score (nSPS) is 11.7. The Hall–Kier alpha value is -1.33. The molecule has 15 heavy (non-hydrogen) atoms. The van der Waals surface area contributed by atoms with Gasteiger partial charge in [0.15, 0.2) is 0 Å². The Kier molecular flexibility index (Phi) is 3.49. The quantitative estimate of drug-likeness (QED) is 0.675. The lowest BCUT2D eigenvalue weighted by molar-refractivity contribution is 0.0693. The summed E-state index contributed by atoms with van der Waals surface area (Å²) in [6.45, 7) is 3.88. The van der Waals surface area contributed by atoms with Gasteiger partial charge < -0.3 is 19.9 Å². The van der Waals surface area contributed by atoms with E-state index >= 15 is 0 Å². The molecule has 0 radical (unpaired) electrons. The third-order valence-electron chi connectivity index (χ3n) is 2.10. The van der Waals surface area contributed by atoms with Crippen molar-refractivity contribution < 1.29 is 19.4 Å². The number of aliphatic hydroxyl groups is 1. The first-order valence-electron chi connectivity index (χ1n) is 4.62. The second-order valence-corrected chi connectivity index (χ2v) is 3.96. The average molecular weight is 213 g/mol. The molecule has 0 aliphatic carbocycles. The minimum atomic E-state index is -1.01. The van der Waals surface area contributed by atoms with Crippen LogP contribution in [0.2, 0.25) is 0 Å². The zero-order valence-electron chi connectivity index (χ0n) is 8.78. The van der Waals surface area contributed by atoms with E-state index in [0.29, 0.717) is 5.76 Å². The molecule has 0 aliphatic heterocycles. The second-order valence-electron chi connectivity index (χ2n) is 3.96. The number of hydrogen-bond acceptors (Lipinski definition) is 4. The van der Waals surface area contributed by atoms with Crippen molar-refractivity contribution in [2.24, 2.45) is 0 Å². The summed E-state index contributed by atoms with van der Waals surface area (Å²) in [5.41, 5.74) is -0.306. The van der Waals surface area contributed by atoms with Crippen LogP contribution in [0.1, 0.15) is 30.0 Å². The molecule has 0 bridgehead atoms. The van der Waals surface area contributed by atoms with E-state index in [-0.39, 0.29) is 18.7 Å². The van der Waals surface area contributed by atoms with Crippen molar-refractivity contribution in [1.82, 2.24) is 5.32 Å². The number of furan rings is 1. The maximum atomic E-state index is 10.7. The summed E-state index contributed by atoms with van der Waals surface area (Å²) in [6.07, 6.45) is 1.34. The molecule has 1 heterocycles. The standard InChI is InChI=1S/C10H15NO4/c1-10(2,6-12)11-5-8-7(9(13)14)3-4-15-8/h3-4,11-12H,5-6H2,1-2H3,(H,13,14). The number of rotatable bonds is 5. The van der Waals surface area contributed by atoms with Crippen LogP contribution in [-0.4, -0.2) is 28.3 Å². The Morgan fingerprint density at radius 1 is 1.60 bits per heavy atom. The van der Waals surface area contributed by atoms with Crippen LogP contribution in [0.3, 0.4) is 0 Å². The van der Waals surface area contributed by atoms with Gasteiger partial charge in [0.2, 0.25) is 0 Å². The van der Waals surface area contributed by atoms with Crippen molar-refractivity contribution in [2.75, 3.05) is 6.61 Å². The van der Waals surface area contributed by atoms with Crippen LogP contribution < -0.4 is 5.32 Å². The second kappa shape index (κ2) is 4.46. The summed E-state index contributed by atoms with van der Waals surface area (Å²) in [7, 11) is 0. The molecule has 1 rings (SSSR count). The highest BCUT2D eigenvalue weighted by atomic mass is 16.4. The van der Waals surface area contributed by atoms with Crippen LogP contribution in [0.4, 0.5) is 0 Å². The van der Waals surface area contributed by atoms with Gasteiger partial charge in [-0.25, -0.2) is 4.79 Å². The van der Waals surface area contributed by atoms with E-state index in [1.165, 1.54) is 12.3 Å². The summed E-state index contributed by atoms with van der Waals surface area (Å²) >= 11 is 0. The van der Waals surface area contributed by atoms with E-state index in [2.05, 4.69) is 5.32 Å². The highest BCUT2D eigenvalue weighted by molar-refractivity contribution is 5.88. The maximum absolute atomic E-state index is 10.7.